The number of rotatable bonds is 4. The van der Waals surface area contributed by atoms with Crippen molar-refractivity contribution in [1.29, 1.82) is 0 Å². The van der Waals surface area contributed by atoms with Crippen molar-refractivity contribution in [2.75, 3.05) is 61.9 Å². The van der Waals surface area contributed by atoms with Gasteiger partial charge in [0.25, 0.3) is 0 Å². The highest BCUT2D eigenvalue weighted by Gasteiger charge is 2.40. The van der Waals surface area contributed by atoms with Crippen molar-refractivity contribution in [2.24, 2.45) is 0 Å². The number of halogens is 3. The Bertz CT molecular complexity index is 916. The Hall–Kier alpha value is -1.66. The van der Waals surface area contributed by atoms with Crippen LogP contribution in [0.25, 0.3) is 0 Å². The van der Waals surface area contributed by atoms with E-state index in [0.29, 0.717) is 26.2 Å². The number of hydrogen-bond donors (Lipinski definition) is 1. The van der Waals surface area contributed by atoms with E-state index in [1.165, 1.54) is 11.0 Å². The molecule has 1 aliphatic carbocycles. The minimum atomic E-state index is -4.71. The smallest absolute Gasteiger partial charge is 0.371 e. The van der Waals surface area contributed by atoms with Gasteiger partial charge < -0.3 is 19.9 Å². The molecule has 180 valence electrons. The minimum Gasteiger partial charge on any atom is -0.371 e. The Balaban J connectivity index is 1.61. The van der Waals surface area contributed by atoms with Crippen molar-refractivity contribution in [3.63, 3.8) is 0 Å². The normalized spacial score (nSPS) is 25.6. The first-order valence-corrected chi connectivity index (χ1v) is 12.8. The van der Waals surface area contributed by atoms with E-state index < -0.39 is 27.1 Å². The number of aromatic nitrogens is 2. The van der Waals surface area contributed by atoms with Gasteiger partial charge in [-0.1, -0.05) is 19.3 Å². The van der Waals surface area contributed by atoms with E-state index in [1.54, 1.807) is 7.05 Å². The predicted molar refractivity (Wildman–Crippen MR) is 115 cm³/mol. The van der Waals surface area contributed by atoms with Crippen LogP contribution in [0.2, 0.25) is 0 Å². The molecule has 0 radical (unpaired) electrons. The second kappa shape index (κ2) is 8.94. The zero-order valence-corrected chi connectivity index (χ0v) is 19.0. The molecule has 8 nitrogen and oxygen atoms in total. The van der Waals surface area contributed by atoms with E-state index in [1.807, 2.05) is 4.90 Å². The lowest BCUT2D eigenvalue weighted by molar-refractivity contribution is -0.144. The first-order chi connectivity index (χ1) is 15.1. The molecule has 32 heavy (non-hydrogen) atoms. The average molecular weight is 478 g/mol. The molecule has 4 rings (SSSR count). The molecule has 1 aromatic heterocycles. The molecule has 3 heterocycles. The third-order valence-electron chi connectivity index (χ3n) is 6.60. The van der Waals surface area contributed by atoms with Gasteiger partial charge in [-0.05, 0) is 12.8 Å². The van der Waals surface area contributed by atoms with Crippen LogP contribution in [0.1, 0.15) is 37.9 Å². The number of sulfone groups is 1. The molecule has 1 atom stereocenters. The quantitative estimate of drug-likeness (QED) is 0.703. The lowest BCUT2D eigenvalue weighted by Gasteiger charge is -2.45. The monoisotopic (exact) mass is 477 g/mol. The minimum absolute atomic E-state index is 0.0180. The van der Waals surface area contributed by atoms with Crippen molar-refractivity contribution >= 4 is 21.5 Å². The highest BCUT2D eigenvalue weighted by Crippen LogP contribution is 2.37. The first-order valence-electron chi connectivity index (χ1n) is 11.1. The summed E-state index contributed by atoms with van der Waals surface area (Å²) in [5.74, 6) is -0.936. The lowest BCUT2D eigenvalue weighted by Crippen LogP contribution is -2.53. The van der Waals surface area contributed by atoms with Crippen LogP contribution in [0.3, 0.4) is 0 Å². The SMILES string of the molecule is CN(CC1CNCCS1(=O)=O)c1cc(N2CCOC3(CCCCC3)C2)nc(C(F)(F)F)n1. The number of morpholine rings is 1. The summed E-state index contributed by atoms with van der Waals surface area (Å²) in [6, 6.07) is 1.53. The largest absolute Gasteiger partial charge is 0.451 e. The second-order valence-corrected chi connectivity index (χ2v) is 11.4. The first kappa shape index (κ1) is 23.5. The van der Waals surface area contributed by atoms with E-state index in [-0.39, 0.29) is 36.1 Å². The van der Waals surface area contributed by atoms with Gasteiger partial charge in [-0.3, -0.25) is 0 Å². The molecular weight excluding hydrogens is 447 g/mol. The van der Waals surface area contributed by atoms with Crippen LogP contribution in [0.15, 0.2) is 6.07 Å². The van der Waals surface area contributed by atoms with E-state index in [0.717, 1.165) is 32.1 Å². The summed E-state index contributed by atoms with van der Waals surface area (Å²) in [7, 11) is -1.74. The van der Waals surface area contributed by atoms with E-state index >= 15 is 0 Å². The van der Waals surface area contributed by atoms with Gasteiger partial charge in [0, 0.05) is 45.8 Å². The summed E-state index contributed by atoms with van der Waals surface area (Å²) >= 11 is 0. The Kier molecular flexibility index (Phi) is 6.56. The summed E-state index contributed by atoms with van der Waals surface area (Å²) in [6.45, 7) is 2.07. The lowest BCUT2D eigenvalue weighted by atomic mass is 9.83. The number of anilines is 2. The van der Waals surface area contributed by atoms with E-state index in [4.69, 9.17) is 4.74 Å². The van der Waals surface area contributed by atoms with Crippen molar-refractivity contribution < 1.29 is 26.3 Å². The van der Waals surface area contributed by atoms with E-state index in [2.05, 4.69) is 15.3 Å². The number of hydrogen-bond acceptors (Lipinski definition) is 8. The molecule has 12 heteroatoms. The van der Waals surface area contributed by atoms with Crippen LogP contribution >= 0.6 is 0 Å². The Labute approximate surface area is 186 Å². The van der Waals surface area contributed by atoms with Crippen molar-refractivity contribution in [1.82, 2.24) is 15.3 Å². The molecule has 0 aromatic carbocycles. The molecule has 0 amide bonds. The summed E-state index contributed by atoms with van der Waals surface area (Å²) < 4.78 is 71.6. The molecule has 1 N–H and O–H groups in total. The van der Waals surface area contributed by atoms with Gasteiger partial charge in [0.1, 0.15) is 11.6 Å². The molecular formula is C20H30F3N5O3S. The van der Waals surface area contributed by atoms with Crippen LogP contribution in [-0.4, -0.2) is 81.4 Å². The maximum absolute atomic E-state index is 13.6. The molecule has 2 aliphatic heterocycles. The third kappa shape index (κ3) is 5.12. The number of nitrogens with one attached hydrogen (secondary N) is 1. The van der Waals surface area contributed by atoms with Gasteiger partial charge in [0.15, 0.2) is 9.84 Å². The third-order valence-corrected chi connectivity index (χ3v) is 8.71. The maximum atomic E-state index is 13.6. The fourth-order valence-electron chi connectivity index (χ4n) is 4.79. The summed E-state index contributed by atoms with van der Waals surface area (Å²) in [5, 5.41) is 2.33. The number of nitrogens with zero attached hydrogens (tertiary/aromatic N) is 4. The Morgan fingerprint density at radius 3 is 2.72 bits per heavy atom. The molecule has 2 saturated heterocycles. The van der Waals surface area contributed by atoms with Gasteiger partial charge in [-0.25, -0.2) is 18.4 Å². The summed E-state index contributed by atoms with van der Waals surface area (Å²) in [5.41, 5.74) is -0.340. The fraction of sp³-hybridized carbons (Fsp3) is 0.800. The van der Waals surface area contributed by atoms with Crippen LogP contribution in [0.4, 0.5) is 24.8 Å². The van der Waals surface area contributed by atoms with E-state index in [9.17, 15) is 21.6 Å². The number of alkyl halides is 3. The molecule has 1 saturated carbocycles. The van der Waals surface area contributed by atoms with Crippen molar-refractivity contribution in [3.8, 4) is 0 Å². The molecule has 1 aromatic rings. The zero-order valence-electron chi connectivity index (χ0n) is 18.2. The topological polar surface area (TPSA) is 87.7 Å². The molecule has 0 bridgehead atoms. The standard InChI is InChI=1S/C20H30F3N5O3S/c1-27(13-15-12-24-7-10-32(15,29)30)16-11-17(26-18(25-16)20(21,22)23)28-8-9-31-19(14-28)5-3-2-4-6-19/h11,15,24H,2-10,12-14H2,1H3. The molecule has 1 unspecified atom stereocenters. The average Bonchev–Trinajstić information content (AvgIpc) is 2.75. The van der Waals surface area contributed by atoms with Crippen molar-refractivity contribution in [3.05, 3.63) is 11.9 Å². The van der Waals surface area contributed by atoms with Gasteiger partial charge >= 0.3 is 6.18 Å². The second-order valence-electron chi connectivity index (χ2n) is 8.99. The number of ether oxygens (including phenoxy) is 1. The predicted octanol–water partition coefficient (Wildman–Crippen LogP) is 1.86. The van der Waals surface area contributed by atoms with Crippen LogP contribution in [0, 0.1) is 0 Å². The van der Waals surface area contributed by atoms with Crippen LogP contribution in [-0.2, 0) is 20.8 Å². The van der Waals surface area contributed by atoms with Crippen molar-refractivity contribution in [2.45, 2.75) is 49.1 Å². The van der Waals surface area contributed by atoms with Crippen LogP contribution in [0.5, 0.6) is 0 Å². The van der Waals surface area contributed by atoms with Gasteiger partial charge in [0.05, 0.1) is 23.2 Å². The molecule has 1 spiro atoms. The summed E-state index contributed by atoms with van der Waals surface area (Å²) in [4.78, 5) is 10.9. The highest BCUT2D eigenvalue weighted by atomic mass is 32.2. The Morgan fingerprint density at radius 1 is 1.28 bits per heavy atom. The molecule has 3 aliphatic rings. The molecule has 3 fully saturated rings. The van der Waals surface area contributed by atoms with Gasteiger partial charge in [-0.15, -0.1) is 0 Å². The maximum Gasteiger partial charge on any atom is 0.451 e. The zero-order chi connectivity index (χ0) is 23.0. The Morgan fingerprint density at radius 2 is 2.03 bits per heavy atom. The van der Waals surface area contributed by atoms with Gasteiger partial charge in [0.2, 0.25) is 5.82 Å². The van der Waals surface area contributed by atoms with Gasteiger partial charge in [-0.2, -0.15) is 13.2 Å². The van der Waals surface area contributed by atoms with Crippen LogP contribution < -0.4 is 15.1 Å². The highest BCUT2D eigenvalue weighted by molar-refractivity contribution is 7.92. The fourth-order valence-corrected chi connectivity index (χ4v) is 6.38. The summed E-state index contributed by atoms with van der Waals surface area (Å²) in [6.07, 6.45) is 0.302.